The Balaban J connectivity index is 3.47. The molecule has 12 heavy (non-hydrogen) atoms. The molecule has 70 valence electrons. The Kier molecular flexibility index (Phi) is 6.96. The number of hydrogen-bond acceptors (Lipinski definition) is 0. The molecule has 0 aliphatic carbocycles. The first-order valence-corrected chi connectivity index (χ1v) is 5.17. The quantitative estimate of drug-likeness (QED) is 0.439. The second-order valence-electron chi connectivity index (χ2n) is 3.84. The maximum Gasteiger partial charge on any atom is 0.0174 e. The molecule has 0 radical (unpaired) electrons. The highest BCUT2D eigenvalue weighted by Crippen LogP contribution is 2.08. The van der Waals surface area contributed by atoms with Crippen LogP contribution in [0.2, 0.25) is 0 Å². The third-order valence-electron chi connectivity index (χ3n) is 1.86. The van der Waals surface area contributed by atoms with E-state index in [-0.39, 0.29) is 0 Å². The molecular weight excluding hydrogens is 144 g/mol. The highest BCUT2D eigenvalue weighted by atomic mass is 14.0. The lowest BCUT2D eigenvalue weighted by Crippen LogP contribution is -1.91. The van der Waals surface area contributed by atoms with Crippen LogP contribution in [0.5, 0.6) is 0 Å². The fraction of sp³-hybridized carbons (Fsp3) is 0.833. The smallest absolute Gasteiger partial charge is 0.0174 e. The van der Waals surface area contributed by atoms with Crippen molar-refractivity contribution in [2.24, 2.45) is 11.8 Å². The molecule has 0 aromatic carbocycles. The van der Waals surface area contributed by atoms with Crippen LogP contribution in [-0.4, -0.2) is 0 Å². The molecule has 0 aromatic rings. The zero-order chi connectivity index (χ0) is 9.40. The summed E-state index contributed by atoms with van der Waals surface area (Å²) in [6, 6.07) is 0. The highest BCUT2D eigenvalue weighted by Gasteiger charge is 1.95. The van der Waals surface area contributed by atoms with E-state index in [1.54, 1.807) is 0 Å². The van der Waals surface area contributed by atoms with E-state index in [1.807, 2.05) is 0 Å². The van der Waals surface area contributed by atoms with E-state index in [4.69, 9.17) is 0 Å². The molecule has 0 spiro atoms. The van der Waals surface area contributed by atoms with Crippen molar-refractivity contribution in [1.29, 1.82) is 0 Å². The van der Waals surface area contributed by atoms with Crippen molar-refractivity contribution in [2.45, 2.75) is 53.4 Å². The summed E-state index contributed by atoms with van der Waals surface area (Å²) in [5.74, 6) is 7.64. The molecule has 0 nitrogen and oxygen atoms in total. The molecule has 0 rings (SSSR count). The predicted octanol–water partition coefficient (Wildman–Crippen LogP) is 3.86. The largest absolute Gasteiger partial charge is 0.100 e. The minimum atomic E-state index is 0.527. The Hall–Kier alpha value is -0.440. The van der Waals surface area contributed by atoms with Gasteiger partial charge in [0.25, 0.3) is 0 Å². The summed E-state index contributed by atoms with van der Waals surface area (Å²) in [6.45, 7) is 8.76. The molecule has 0 saturated carbocycles. The van der Waals surface area contributed by atoms with Gasteiger partial charge in [0.1, 0.15) is 0 Å². The molecule has 1 atom stereocenters. The van der Waals surface area contributed by atoms with E-state index >= 15 is 0 Å². The van der Waals surface area contributed by atoms with Gasteiger partial charge in [0.05, 0.1) is 0 Å². The second-order valence-corrected chi connectivity index (χ2v) is 3.84. The normalized spacial score (nSPS) is 12.4. The van der Waals surface area contributed by atoms with Crippen LogP contribution in [0.15, 0.2) is 0 Å². The van der Waals surface area contributed by atoms with Crippen LogP contribution in [0.3, 0.4) is 0 Å². The standard InChI is InChI=1S/C12H22/c1-5-6-7-8-12(4)10-9-11(2)3/h11-12H,5-8H2,1-4H3. The molecule has 0 heteroatoms. The van der Waals surface area contributed by atoms with E-state index < -0.39 is 0 Å². The highest BCUT2D eigenvalue weighted by molar-refractivity contribution is 5.04. The number of unbranched alkanes of at least 4 members (excludes halogenated alkanes) is 2. The summed E-state index contributed by atoms with van der Waals surface area (Å²) in [5, 5.41) is 0. The summed E-state index contributed by atoms with van der Waals surface area (Å²) in [4.78, 5) is 0. The summed E-state index contributed by atoms with van der Waals surface area (Å²) < 4.78 is 0. The Morgan fingerprint density at radius 2 is 1.67 bits per heavy atom. The Morgan fingerprint density at radius 3 is 2.17 bits per heavy atom. The topological polar surface area (TPSA) is 0 Å². The van der Waals surface area contributed by atoms with Crippen LogP contribution in [0.25, 0.3) is 0 Å². The SMILES string of the molecule is CCCCCC(C)C#CC(C)C. The number of hydrogen-bond donors (Lipinski definition) is 0. The summed E-state index contributed by atoms with van der Waals surface area (Å²) in [5.41, 5.74) is 0. The van der Waals surface area contributed by atoms with Gasteiger partial charge < -0.3 is 0 Å². The summed E-state index contributed by atoms with van der Waals surface area (Å²) in [7, 11) is 0. The molecule has 0 N–H and O–H groups in total. The lowest BCUT2D eigenvalue weighted by Gasteiger charge is -2.02. The minimum absolute atomic E-state index is 0.527. The molecule has 0 aliphatic heterocycles. The predicted molar refractivity (Wildman–Crippen MR) is 55.9 cm³/mol. The van der Waals surface area contributed by atoms with Crippen LogP contribution < -0.4 is 0 Å². The van der Waals surface area contributed by atoms with Crippen molar-refractivity contribution in [2.75, 3.05) is 0 Å². The van der Waals surface area contributed by atoms with Gasteiger partial charge in [-0.3, -0.25) is 0 Å². The van der Waals surface area contributed by atoms with Gasteiger partial charge in [-0.1, -0.05) is 52.9 Å². The van der Waals surface area contributed by atoms with Crippen LogP contribution in [0.4, 0.5) is 0 Å². The Morgan fingerprint density at radius 1 is 1.00 bits per heavy atom. The fourth-order valence-electron chi connectivity index (χ4n) is 1.08. The molecule has 0 aromatic heterocycles. The zero-order valence-electron chi connectivity index (χ0n) is 8.98. The van der Waals surface area contributed by atoms with Gasteiger partial charge in [-0.25, -0.2) is 0 Å². The van der Waals surface area contributed by atoms with Gasteiger partial charge in [-0.15, -0.1) is 5.92 Å². The Labute approximate surface area is 77.8 Å². The van der Waals surface area contributed by atoms with Crippen molar-refractivity contribution in [3.63, 3.8) is 0 Å². The van der Waals surface area contributed by atoms with Crippen molar-refractivity contribution in [1.82, 2.24) is 0 Å². The van der Waals surface area contributed by atoms with E-state index in [1.165, 1.54) is 25.7 Å². The second kappa shape index (κ2) is 7.22. The third-order valence-corrected chi connectivity index (χ3v) is 1.86. The van der Waals surface area contributed by atoms with Gasteiger partial charge in [-0.05, 0) is 6.42 Å². The average Bonchev–Trinajstić information content (AvgIpc) is 2.01. The maximum atomic E-state index is 3.29. The monoisotopic (exact) mass is 166 g/mol. The molecular formula is C12H22. The average molecular weight is 166 g/mol. The van der Waals surface area contributed by atoms with Gasteiger partial charge in [0, 0.05) is 11.8 Å². The summed E-state index contributed by atoms with van der Waals surface area (Å²) >= 11 is 0. The first kappa shape index (κ1) is 11.6. The van der Waals surface area contributed by atoms with Crippen LogP contribution in [-0.2, 0) is 0 Å². The van der Waals surface area contributed by atoms with Gasteiger partial charge in [-0.2, -0.15) is 0 Å². The van der Waals surface area contributed by atoms with Crippen molar-refractivity contribution in [3.8, 4) is 11.8 Å². The lowest BCUT2D eigenvalue weighted by molar-refractivity contribution is 0.587. The molecule has 0 amide bonds. The fourth-order valence-corrected chi connectivity index (χ4v) is 1.08. The first-order valence-electron chi connectivity index (χ1n) is 5.17. The van der Waals surface area contributed by atoms with Gasteiger partial charge in [0.15, 0.2) is 0 Å². The molecule has 0 fully saturated rings. The molecule has 1 unspecified atom stereocenters. The number of rotatable bonds is 4. The minimum Gasteiger partial charge on any atom is -0.100 e. The molecule has 0 bridgehead atoms. The molecule has 0 aliphatic rings. The van der Waals surface area contributed by atoms with Crippen LogP contribution in [0.1, 0.15) is 53.4 Å². The Bertz CT molecular complexity index is 145. The van der Waals surface area contributed by atoms with E-state index in [2.05, 4.69) is 39.5 Å². The van der Waals surface area contributed by atoms with Crippen molar-refractivity contribution < 1.29 is 0 Å². The van der Waals surface area contributed by atoms with Crippen LogP contribution >= 0.6 is 0 Å². The van der Waals surface area contributed by atoms with Crippen molar-refractivity contribution in [3.05, 3.63) is 0 Å². The first-order chi connectivity index (χ1) is 5.66. The molecule has 0 saturated heterocycles. The third kappa shape index (κ3) is 7.66. The molecule has 0 heterocycles. The zero-order valence-corrected chi connectivity index (χ0v) is 8.98. The lowest BCUT2D eigenvalue weighted by atomic mass is 10.0. The van der Waals surface area contributed by atoms with E-state index in [0.717, 1.165) is 0 Å². The van der Waals surface area contributed by atoms with Gasteiger partial charge >= 0.3 is 0 Å². The maximum absolute atomic E-state index is 3.29. The van der Waals surface area contributed by atoms with E-state index in [9.17, 15) is 0 Å². The van der Waals surface area contributed by atoms with Gasteiger partial charge in [0.2, 0.25) is 0 Å². The van der Waals surface area contributed by atoms with Crippen LogP contribution in [0, 0.1) is 23.7 Å². The van der Waals surface area contributed by atoms with E-state index in [0.29, 0.717) is 11.8 Å². The summed E-state index contributed by atoms with van der Waals surface area (Å²) in [6.07, 6.45) is 5.27. The van der Waals surface area contributed by atoms with Crippen molar-refractivity contribution >= 4 is 0 Å².